The molecule has 0 bridgehead atoms. The zero-order valence-electron chi connectivity index (χ0n) is 14.2. The third kappa shape index (κ3) is 5.20. The number of carbonyl (C=O) groups excluding carboxylic acids is 1. The molecule has 2 fully saturated rings. The highest BCUT2D eigenvalue weighted by atomic mass is 32.1. The lowest BCUT2D eigenvalue weighted by molar-refractivity contribution is -0.149. The van der Waals surface area contributed by atoms with Crippen molar-refractivity contribution in [1.29, 1.82) is 0 Å². The van der Waals surface area contributed by atoms with E-state index in [1.807, 2.05) is 11.4 Å². The molecule has 1 saturated carbocycles. The number of halogens is 3. The summed E-state index contributed by atoms with van der Waals surface area (Å²) in [4.78, 5) is 15.3. The van der Waals surface area contributed by atoms with Crippen molar-refractivity contribution in [3.05, 3.63) is 22.4 Å². The molecule has 7 heteroatoms. The Hall–Kier alpha value is -1.08. The number of nitrogens with one attached hydrogen (secondary N) is 1. The number of hydrogen-bond acceptors (Lipinski definition) is 3. The molecular weight excluding hydrogens is 349 g/mol. The zero-order chi connectivity index (χ0) is 17.9. The minimum atomic E-state index is -4.16. The van der Waals surface area contributed by atoms with Gasteiger partial charge in [-0.15, -0.1) is 11.3 Å². The molecule has 3 nitrogen and oxygen atoms in total. The van der Waals surface area contributed by atoms with E-state index in [0.717, 1.165) is 12.8 Å². The first-order chi connectivity index (χ1) is 11.9. The molecule has 1 aliphatic carbocycles. The zero-order valence-corrected chi connectivity index (χ0v) is 15.0. The van der Waals surface area contributed by atoms with Crippen molar-refractivity contribution in [2.24, 2.45) is 11.8 Å². The van der Waals surface area contributed by atoms with Crippen molar-refractivity contribution in [3.8, 4) is 0 Å². The van der Waals surface area contributed by atoms with Gasteiger partial charge in [-0.05, 0) is 56.1 Å². The van der Waals surface area contributed by atoms with Gasteiger partial charge in [-0.25, -0.2) is 0 Å². The molecule has 1 aromatic heterocycles. The molecule has 1 unspecified atom stereocenters. The van der Waals surface area contributed by atoms with Crippen LogP contribution >= 0.6 is 11.3 Å². The number of likely N-dealkylation sites (tertiary alicyclic amines) is 1. The number of alkyl halides is 3. The highest BCUT2D eigenvalue weighted by molar-refractivity contribution is 7.10. The molecule has 2 aliphatic rings. The fourth-order valence-electron chi connectivity index (χ4n) is 4.06. The molecule has 25 heavy (non-hydrogen) atoms. The number of piperidine rings is 1. The average Bonchev–Trinajstić information content (AvgIpc) is 3.25. The smallest absolute Gasteiger partial charge is 0.348 e. The number of rotatable bonds is 5. The normalized spacial score (nSPS) is 22.2. The van der Waals surface area contributed by atoms with Gasteiger partial charge in [0.15, 0.2) is 0 Å². The van der Waals surface area contributed by atoms with E-state index >= 15 is 0 Å². The first kappa shape index (κ1) is 18.7. The van der Waals surface area contributed by atoms with Crippen LogP contribution in [0.2, 0.25) is 0 Å². The van der Waals surface area contributed by atoms with Crippen LogP contribution in [0.15, 0.2) is 17.5 Å². The molecule has 3 rings (SSSR count). The van der Waals surface area contributed by atoms with E-state index in [0.29, 0.717) is 31.8 Å². The molecule has 0 radical (unpaired) electrons. The Morgan fingerprint density at radius 1 is 1.24 bits per heavy atom. The van der Waals surface area contributed by atoms with Gasteiger partial charge in [-0.1, -0.05) is 18.9 Å². The van der Waals surface area contributed by atoms with Crippen molar-refractivity contribution in [2.75, 3.05) is 19.6 Å². The number of amides is 1. The van der Waals surface area contributed by atoms with Gasteiger partial charge >= 0.3 is 6.18 Å². The third-order valence-corrected chi connectivity index (χ3v) is 6.34. The van der Waals surface area contributed by atoms with Crippen molar-refractivity contribution >= 4 is 17.2 Å². The molecule has 2 heterocycles. The second kappa shape index (κ2) is 8.08. The second-order valence-electron chi connectivity index (χ2n) is 7.21. The molecule has 1 saturated heterocycles. The van der Waals surface area contributed by atoms with Crippen LogP contribution in [0, 0.1) is 11.8 Å². The molecule has 1 aromatic rings. The number of nitrogens with zero attached hydrogens (tertiary/aromatic N) is 1. The van der Waals surface area contributed by atoms with Crippen LogP contribution in [0.3, 0.4) is 0 Å². The van der Waals surface area contributed by atoms with Crippen LogP contribution in [0.1, 0.15) is 49.4 Å². The summed E-state index contributed by atoms with van der Waals surface area (Å²) in [6.07, 6.45) is 1.52. The minimum absolute atomic E-state index is 0.0111. The Bertz CT molecular complexity index is 547. The van der Waals surface area contributed by atoms with E-state index in [2.05, 4.69) is 11.4 Å². The van der Waals surface area contributed by atoms with E-state index in [1.165, 1.54) is 22.6 Å². The highest BCUT2D eigenvalue weighted by Crippen LogP contribution is 2.37. The predicted molar refractivity (Wildman–Crippen MR) is 92.4 cm³/mol. The maximum Gasteiger partial charge on any atom is 0.401 e. The Labute approximate surface area is 150 Å². The Kier molecular flexibility index (Phi) is 6.04. The lowest BCUT2D eigenvalue weighted by Gasteiger charge is -2.33. The van der Waals surface area contributed by atoms with E-state index in [9.17, 15) is 18.0 Å². The van der Waals surface area contributed by atoms with Gasteiger partial charge in [0.1, 0.15) is 0 Å². The Balaban J connectivity index is 1.55. The molecule has 1 atom stereocenters. The molecule has 1 N–H and O–H groups in total. The van der Waals surface area contributed by atoms with Gasteiger partial charge < -0.3 is 5.32 Å². The van der Waals surface area contributed by atoms with Gasteiger partial charge in [0, 0.05) is 10.8 Å². The largest absolute Gasteiger partial charge is 0.401 e. The quantitative estimate of drug-likeness (QED) is 0.830. The maximum absolute atomic E-state index is 12.7. The monoisotopic (exact) mass is 374 g/mol. The van der Waals surface area contributed by atoms with Crippen LogP contribution < -0.4 is 5.32 Å². The molecule has 0 spiro atoms. The lowest BCUT2D eigenvalue weighted by Crippen LogP contribution is -2.45. The van der Waals surface area contributed by atoms with Crippen molar-refractivity contribution in [2.45, 2.75) is 50.7 Å². The SMILES string of the molecule is O=C(NC(c1cccs1)C1CCCC1)C1CCN(CC(F)(F)F)CC1. The minimum Gasteiger partial charge on any atom is -0.348 e. The fraction of sp³-hybridized carbons (Fsp3) is 0.722. The van der Waals surface area contributed by atoms with Gasteiger partial charge in [-0.2, -0.15) is 13.2 Å². The van der Waals surface area contributed by atoms with Gasteiger partial charge in [0.05, 0.1) is 12.6 Å². The molecule has 140 valence electrons. The molecule has 1 aliphatic heterocycles. The molecule has 0 aromatic carbocycles. The van der Waals surface area contributed by atoms with Crippen LogP contribution in [0.5, 0.6) is 0 Å². The standard InChI is InChI=1S/C18H25F3N2OS/c19-18(20,21)12-23-9-7-14(8-10-23)17(24)22-16(13-4-1-2-5-13)15-6-3-11-25-15/h3,6,11,13-14,16H,1-2,4-5,7-10,12H2,(H,22,24). The maximum atomic E-state index is 12.7. The summed E-state index contributed by atoms with van der Waals surface area (Å²) in [5, 5.41) is 5.25. The first-order valence-electron chi connectivity index (χ1n) is 9.05. The second-order valence-corrected chi connectivity index (χ2v) is 8.19. The molecule has 1 amide bonds. The van der Waals surface area contributed by atoms with E-state index < -0.39 is 12.7 Å². The summed E-state index contributed by atoms with van der Waals surface area (Å²) >= 11 is 1.67. The summed E-state index contributed by atoms with van der Waals surface area (Å²) in [6.45, 7) is -0.198. The fourth-order valence-corrected chi connectivity index (χ4v) is 4.93. The van der Waals surface area contributed by atoms with E-state index in [1.54, 1.807) is 11.3 Å². The summed E-state index contributed by atoms with van der Waals surface area (Å²) < 4.78 is 37.4. The van der Waals surface area contributed by atoms with Gasteiger partial charge in [0.2, 0.25) is 5.91 Å². The summed E-state index contributed by atoms with van der Waals surface area (Å²) in [6, 6.07) is 4.13. The number of hydrogen-bond donors (Lipinski definition) is 1. The Morgan fingerprint density at radius 3 is 2.48 bits per heavy atom. The Morgan fingerprint density at radius 2 is 1.92 bits per heavy atom. The van der Waals surface area contributed by atoms with Gasteiger partial charge in [0.25, 0.3) is 0 Å². The van der Waals surface area contributed by atoms with Crippen LogP contribution in [-0.4, -0.2) is 36.6 Å². The first-order valence-corrected chi connectivity index (χ1v) is 9.93. The van der Waals surface area contributed by atoms with E-state index in [4.69, 9.17) is 0 Å². The highest BCUT2D eigenvalue weighted by Gasteiger charge is 2.35. The van der Waals surface area contributed by atoms with Crippen LogP contribution in [-0.2, 0) is 4.79 Å². The topological polar surface area (TPSA) is 32.3 Å². The van der Waals surface area contributed by atoms with Crippen LogP contribution in [0.4, 0.5) is 13.2 Å². The van der Waals surface area contributed by atoms with Crippen LogP contribution in [0.25, 0.3) is 0 Å². The van der Waals surface area contributed by atoms with Crippen molar-refractivity contribution in [3.63, 3.8) is 0 Å². The third-order valence-electron chi connectivity index (χ3n) is 5.38. The van der Waals surface area contributed by atoms with Crippen molar-refractivity contribution < 1.29 is 18.0 Å². The number of carbonyl (C=O) groups is 1. The predicted octanol–water partition coefficient (Wildman–Crippen LogP) is 4.37. The molecular formula is C18H25F3N2OS. The summed E-state index contributed by atoms with van der Waals surface area (Å²) in [5.41, 5.74) is 0. The summed E-state index contributed by atoms with van der Waals surface area (Å²) in [7, 11) is 0. The van der Waals surface area contributed by atoms with Gasteiger partial charge in [-0.3, -0.25) is 9.69 Å². The summed E-state index contributed by atoms with van der Waals surface area (Å²) in [5.74, 6) is 0.318. The average molecular weight is 374 g/mol. The number of thiophene rings is 1. The lowest BCUT2D eigenvalue weighted by atomic mass is 9.92. The van der Waals surface area contributed by atoms with E-state index in [-0.39, 0.29) is 17.9 Å². The van der Waals surface area contributed by atoms with Crippen molar-refractivity contribution in [1.82, 2.24) is 10.2 Å².